The standard InChI is InChI=1S/C19H21NO2/c1-14-7-12-18(22-14)19(2,17-6-5-13-20(17)3)15-8-10-16(21-4)11-9-15/h5-13H,1-4H3. The van der Waals surface area contributed by atoms with E-state index >= 15 is 0 Å². The lowest BCUT2D eigenvalue weighted by Gasteiger charge is -2.29. The van der Waals surface area contributed by atoms with Crippen molar-refractivity contribution in [2.75, 3.05) is 7.11 Å². The first-order valence-electron chi connectivity index (χ1n) is 7.39. The highest BCUT2D eigenvalue weighted by molar-refractivity contribution is 5.46. The summed E-state index contributed by atoms with van der Waals surface area (Å²) in [6.45, 7) is 4.17. The molecule has 3 heteroatoms. The Hall–Kier alpha value is -2.42. The van der Waals surface area contributed by atoms with Gasteiger partial charge in [0.2, 0.25) is 0 Å². The number of methoxy groups -OCH3 is 1. The number of aryl methyl sites for hydroxylation is 2. The maximum absolute atomic E-state index is 5.99. The summed E-state index contributed by atoms with van der Waals surface area (Å²) < 4.78 is 13.4. The monoisotopic (exact) mass is 295 g/mol. The number of hydrogen-bond acceptors (Lipinski definition) is 2. The Balaban J connectivity index is 2.20. The van der Waals surface area contributed by atoms with Crippen molar-refractivity contribution >= 4 is 0 Å². The predicted octanol–water partition coefficient (Wildman–Crippen LogP) is 4.29. The third-order valence-corrected chi connectivity index (χ3v) is 4.36. The fourth-order valence-electron chi connectivity index (χ4n) is 3.02. The topological polar surface area (TPSA) is 27.3 Å². The zero-order valence-electron chi connectivity index (χ0n) is 13.5. The number of benzene rings is 1. The van der Waals surface area contributed by atoms with Gasteiger partial charge in [0.1, 0.15) is 17.3 Å². The molecule has 3 rings (SSSR count). The molecule has 0 saturated carbocycles. The quantitative estimate of drug-likeness (QED) is 0.718. The molecule has 0 aliphatic carbocycles. The van der Waals surface area contributed by atoms with Crippen molar-refractivity contribution in [1.82, 2.24) is 4.57 Å². The molecule has 3 aromatic rings. The van der Waals surface area contributed by atoms with Crippen LogP contribution in [0.5, 0.6) is 5.75 Å². The second-order valence-corrected chi connectivity index (χ2v) is 5.77. The van der Waals surface area contributed by atoms with Crippen molar-refractivity contribution < 1.29 is 9.15 Å². The molecule has 0 N–H and O–H groups in total. The number of aromatic nitrogens is 1. The minimum atomic E-state index is -0.348. The third-order valence-electron chi connectivity index (χ3n) is 4.36. The van der Waals surface area contributed by atoms with Crippen molar-refractivity contribution in [2.45, 2.75) is 19.3 Å². The lowest BCUT2D eigenvalue weighted by atomic mass is 9.77. The van der Waals surface area contributed by atoms with Crippen molar-refractivity contribution in [3.63, 3.8) is 0 Å². The molecule has 1 aromatic carbocycles. The molecule has 0 aliphatic rings. The van der Waals surface area contributed by atoms with Gasteiger partial charge in [0.05, 0.1) is 12.5 Å². The van der Waals surface area contributed by atoms with Gasteiger partial charge in [-0.3, -0.25) is 0 Å². The van der Waals surface area contributed by atoms with Crippen molar-refractivity contribution in [3.05, 3.63) is 77.5 Å². The lowest BCUT2D eigenvalue weighted by Crippen LogP contribution is -2.27. The van der Waals surface area contributed by atoms with E-state index in [0.717, 1.165) is 17.3 Å². The van der Waals surface area contributed by atoms with Gasteiger partial charge in [-0.1, -0.05) is 12.1 Å². The number of rotatable bonds is 4. The Morgan fingerprint density at radius 1 is 1.05 bits per heavy atom. The molecule has 0 fully saturated rings. The Labute approximate surface area is 131 Å². The highest BCUT2D eigenvalue weighted by Gasteiger charge is 2.36. The minimum Gasteiger partial charge on any atom is -0.497 e. The van der Waals surface area contributed by atoms with Gasteiger partial charge in [-0.2, -0.15) is 0 Å². The van der Waals surface area contributed by atoms with Gasteiger partial charge >= 0.3 is 0 Å². The van der Waals surface area contributed by atoms with Crippen LogP contribution < -0.4 is 4.74 Å². The van der Waals surface area contributed by atoms with Gasteiger partial charge in [0.25, 0.3) is 0 Å². The van der Waals surface area contributed by atoms with Crippen LogP contribution >= 0.6 is 0 Å². The average molecular weight is 295 g/mol. The second kappa shape index (κ2) is 5.41. The Morgan fingerprint density at radius 3 is 2.27 bits per heavy atom. The fourth-order valence-corrected chi connectivity index (χ4v) is 3.02. The normalized spacial score (nSPS) is 13.8. The first kappa shape index (κ1) is 14.5. The molecular formula is C19H21NO2. The van der Waals surface area contributed by atoms with Gasteiger partial charge in [0, 0.05) is 18.9 Å². The smallest absolute Gasteiger partial charge is 0.120 e. The van der Waals surface area contributed by atoms with Crippen LogP contribution in [0.3, 0.4) is 0 Å². The minimum absolute atomic E-state index is 0.348. The van der Waals surface area contributed by atoms with E-state index in [4.69, 9.17) is 9.15 Å². The molecule has 114 valence electrons. The molecule has 1 atom stereocenters. The zero-order valence-corrected chi connectivity index (χ0v) is 13.5. The number of ether oxygens (including phenoxy) is 1. The van der Waals surface area contributed by atoms with Crippen LogP contribution in [0.1, 0.15) is 29.7 Å². The van der Waals surface area contributed by atoms with Crippen molar-refractivity contribution in [2.24, 2.45) is 7.05 Å². The summed E-state index contributed by atoms with van der Waals surface area (Å²) in [7, 11) is 3.74. The van der Waals surface area contributed by atoms with Gasteiger partial charge in [0.15, 0.2) is 0 Å². The van der Waals surface area contributed by atoms with Gasteiger partial charge in [-0.25, -0.2) is 0 Å². The average Bonchev–Trinajstić information content (AvgIpc) is 3.15. The lowest BCUT2D eigenvalue weighted by molar-refractivity contribution is 0.410. The summed E-state index contributed by atoms with van der Waals surface area (Å²) in [4.78, 5) is 0. The first-order valence-corrected chi connectivity index (χ1v) is 7.39. The van der Waals surface area contributed by atoms with E-state index in [2.05, 4.69) is 55.1 Å². The van der Waals surface area contributed by atoms with Crippen LogP contribution in [0.25, 0.3) is 0 Å². The van der Waals surface area contributed by atoms with Crippen molar-refractivity contribution in [1.29, 1.82) is 0 Å². The molecule has 0 saturated heterocycles. The Morgan fingerprint density at radius 2 is 1.77 bits per heavy atom. The largest absolute Gasteiger partial charge is 0.497 e. The summed E-state index contributed by atoms with van der Waals surface area (Å²) >= 11 is 0. The van der Waals surface area contributed by atoms with E-state index in [1.807, 2.05) is 25.1 Å². The van der Waals surface area contributed by atoms with Crippen LogP contribution in [0.4, 0.5) is 0 Å². The molecule has 2 heterocycles. The van der Waals surface area contributed by atoms with E-state index in [1.165, 1.54) is 11.3 Å². The third kappa shape index (κ3) is 2.23. The molecule has 1 unspecified atom stereocenters. The molecular weight excluding hydrogens is 274 g/mol. The first-order chi connectivity index (χ1) is 10.6. The molecule has 3 nitrogen and oxygen atoms in total. The molecule has 2 aromatic heterocycles. The van der Waals surface area contributed by atoms with Gasteiger partial charge in [-0.05, 0) is 55.8 Å². The van der Waals surface area contributed by atoms with Crippen LogP contribution in [-0.2, 0) is 12.5 Å². The van der Waals surface area contributed by atoms with Crippen LogP contribution in [0, 0.1) is 6.92 Å². The summed E-state index contributed by atoms with van der Waals surface area (Å²) in [6, 6.07) is 16.5. The highest BCUT2D eigenvalue weighted by Crippen LogP contribution is 2.40. The van der Waals surface area contributed by atoms with E-state index in [-0.39, 0.29) is 5.41 Å². The maximum Gasteiger partial charge on any atom is 0.120 e. The second-order valence-electron chi connectivity index (χ2n) is 5.77. The SMILES string of the molecule is COc1ccc(C(C)(c2ccc(C)o2)c2cccn2C)cc1. The van der Waals surface area contributed by atoms with Crippen molar-refractivity contribution in [3.8, 4) is 5.75 Å². The number of furan rings is 1. The van der Waals surface area contributed by atoms with E-state index < -0.39 is 0 Å². The molecule has 22 heavy (non-hydrogen) atoms. The Kier molecular flexibility index (Phi) is 3.57. The number of nitrogens with zero attached hydrogens (tertiary/aromatic N) is 1. The summed E-state index contributed by atoms with van der Waals surface area (Å²) in [5.74, 6) is 2.72. The van der Waals surface area contributed by atoms with E-state index in [1.54, 1.807) is 7.11 Å². The molecule has 0 aliphatic heterocycles. The van der Waals surface area contributed by atoms with Crippen LogP contribution in [0.2, 0.25) is 0 Å². The van der Waals surface area contributed by atoms with Crippen LogP contribution in [-0.4, -0.2) is 11.7 Å². The highest BCUT2D eigenvalue weighted by atomic mass is 16.5. The summed E-state index contributed by atoms with van der Waals surface area (Å²) in [5.41, 5.74) is 2.01. The molecule has 0 spiro atoms. The molecule has 0 amide bonds. The zero-order chi connectivity index (χ0) is 15.7. The van der Waals surface area contributed by atoms with Crippen LogP contribution in [0.15, 0.2) is 59.1 Å². The van der Waals surface area contributed by atoms with Gasteiger partial charge < -0.3 is 13.7 Å². The summed E-state index contributed by atoms with van der Waals surface area (Å²) in [6.07, 6.45) is 2.06. The van der Waals surface area contributed by atoms with Gasteiger partial charge in [-0.15, -0.1) is 0 Å². The Bertz CT molecular complexity index is 767. The molecule has 0 bridgehead atoms. The maximum atomic E-state index is 5.99. The van der Waals surface area contributed by atoms with E-state index in [0.29, 0.717) is 0 Å². The molecule has 0 radical (unpaired) electrons. The predicted molar refractivity (Wildman–Crippen MR) is 87.4 cm³/mol. The fraction of sp³-hybridized carbons (Fsp3) is 0.263. The van der Waals surface area contributed by atoms with E-state index in [9.17, 15) is 0 Å². The number of hydrogen-bond donors (Lipinski definition) is 0. The summed E-state index contributed by atoms with van der Waals surface area (Å²) in [5, 5.41) is 0.